The second kappa shape index (κ2) is 4.32. The van der Waals surface area contributed by atoms with Gasteiger partial charge in [-0.05, 0) is 6.92 Å². The summed E-state index contributed by atoms with van der Waals surface area (Å²) in [5.74, 6) is -0.727. The van der Waals surface area contributed by atoms with Crippen molar-refractivity contribution < 1.29 is 19.7 Å². The summed E-state index contributed by atoms with van der Waals surface area (Å²) in [4.78, 5) is 14.4. The highest BCUT2D eigenvalue weighted by Gasteiger charge is 2.10. The lowest BCUT2D eigenvalue weighted by molar-refractivity contribution is -0.711. The molecule has 0 radical (unpaired) electrons. The lowest BCUT2D eigenvalue weighted by Gasteiger charge is -2.01. The predicted molar refractivity (Wildman–Crippen MR) is 41.0 cm³/mol. The van der Waals surface area contributed by atoms with Crippen molar-refractivity contribution >= 4 is 17.4 Å². The van der Waals surface area contributed by atoms with Crippen LogP contribution in [0.2, 0.25) is 0 Å². The number of hydrogen-bond acceptors (Lipinski definition) is 5. The van der Waals surface area contributed by atoms with Gasteiger partial charge < -0.3 is 10.0 Å². The number of oxime groups is 1. The van der Waals surface area contributed by atoms with Gasteiger partial charge in [0.15, 0.2) is 0 Å². The van der Waals surface area contributed by atoms with Crippen molar-refractivity contribution in [2.24, 2.45) is 5.16 Å². The summed E-state index contributed by atoms with van der Waals surface area (Å²) in [7, 11) is 0. The van der Waals surface area contributed by atoms with Crippen LogP contribution in [0.4, 0.5) is 0 Å². The van der Waals surface area contributed by atoms with Crippen LogP contribution >= 0.6 is 0 Å². The van der Waals surface area contributed by atoms with Crippen LogP contribution in [0.1, 0.15) is 20.8 Å². The Kier molecular flexibility index (Phi) is 3.75. The molecule has 0 fully saturated rings. The summed E-state index contributed by atoms with van der Waals surface area (Å²) >= 11 is 0. The molecule has 0 rings (SSSR count). The van der Waals surface area contributed by atoms with E-state index in [1.54, 1.807) is 0 Å². The lowest BCUT2D eigenvalue weighted by Crippen LogP contribution is -2.22. The molecule has 1 N–H and O–H groups in total. The number of carbonyl (C=O) groups is 1. The van der Waals surface area contributed by atoms with E-state index < -0.39 is 5.97 Å². The van der Waals surface area contributed by atoms with Crippen molar-refractivity contribution in [1.29, 1.82) is 0 Å². The Morgan fingerprint density at radius 2 is 2.00 bits per heavy atom. The van der Waals surface area contributed by atoms with E-state index in [1.807, 2.05) is 0 Å². The largest absolute Gasteiger partial charge is 0.410 e. The smallest absolute Gasteiger partial charge is 0.266 e. The van der Waals surface area contributed by atoms with E-state index in [2.05, 4.69) is 9.99 Å². The van der Waals surface area contributed by atoms with Crippen molar-refractivity contribution in [1.82, 2.24) is 0 Å². The van der Waals surface area contributed by atoms with Crippen LogP contribution in [0, 0.1) is 5.21 Å². The molecule has 6 heteroatoms. The highest BCUT2D eigenvalue weighted by atomic mass is 16.9. The highest BCUT2D eigenvalue weighted by Crippen LogP contribution is 1.86. The molecule has 0 aromatic carbocycles. The minimum Gasteiger partial charge on any atom is -0.410 e. The Labute approximate surface area is 69.3 Å². The summed E-state index contributed by atoms with van der Waals surface area (Å²) in [6.45, 7) is 3.87. The second-order valence-corrected chi connectivity index (χ2v) is 2.11. The van der Waals surface area contributed by atoms with E-state index in [-0.39, 0.29) is 16.3 Å². The van der Waals surface area contributed by atoms with Gasteiger partial charge in [-0.2, -0.15) is 0 Å². The quantitative estimate of drug-likeness (QED) is 0.214. The van der Waals surface area contributed by atoms with Crippen LogP contribution in [0.3, 0.4) is 0 Å². The van der Waals surface area contributed by atoms with Gasteiger partial charge in [-0.3, -0.25) is 10.0 Å². The molecule has 0 heterocycles. The SMILES string of the molecule is CC(=O)O/[N+]([O-])=C(C)\C(C)=N\O. The first kappa shape index (κ1) is 10.4. The fraction of sp³-hybridized carbons (Fsp3) is 0.500. The van der Waals surface area contributed by atoms with Crippen molar-refractivity contribution in [2.45, 2.75) is 20.8 Å². The summed E-state index contributed by atoms with van der Waals surface area (Å²) in [6, 6.07) is 0. The van der Waals surface area contributed by atoms with Gasteiger partial charge in [-0.1, -0.05) is 5.16 Å². The zero-order chi connectivity index (χ0) is 9.72. The van der Waals surface area contributed by atoms with Gasteiger partial charge >= 0.3 is 0 Å². The molecule has 0 unspecified atom stereocenters. The van der Waals surface area contributed by atoms with E-state index in [0.29, 0.717) is 0 Å². The van der Waals surface area contributed by atoms with E-state index in [9.17, 15) is 10.0 Å². The molecule has 0 spiro atoms. The van der Waals surface area contributed by atoms with Gasteiger partial charge in [0.05, 0.1) is 4.90 Å². The van der Waals surface area contributed by atoms with Crippen LogP contribution in [-0.4, -0.2) is 27.5 Å². The molecule has 6 nitrogen and oxygen atoms in total. The molecule has 0 aliphatic carbocycles. The average Bonchev–Trinajstić information content (AvgIpc) is 2.00. The van der Waals surface area contributed by atoms with Crippen molar-refractivity contribution in [3.05, 3.63) is 5.21 Å². The monoisotopic (exact) mass is 174 g/mol. The topological polar surface area (TPSA) is 85.0 Å². The third kappa shape index (κ3) is 3.00. The minimum absolute atomic E-state index is 0.00259. The third-order valence-corrected chi connectivity index (χ3v) is 1.16. The third-order valence-electron chi connectivity index (χ3n) is 1.16. The summed E-state index contributed by atoms with van der Waals surface area (Å²) in [5, 5.41) is 21.8. The molecule has 68 valence electrons. The normalized spacial score (nSPS) is 13.8. The van der Waals surface area contributed by atoms with Crippen molar-refractivity contribution in [3.8, 4) is 0 Å². The molecule has 0 saturated heterocycles. The van der Waals surface area contributed by atoms with Gasteiger partial charge in [0, 0.05) is 13.8 Å². The van der Waals surface area contributed by atoms with Crippen molar-refractivity contribution in [3.63, 3.8) is 0 Å². The molecule has 0 saturated carbocycles. The zero-order valence-electron chi connectivity index (χ0n) is 7.07. The fourth-order valence-electron chi connectivity index (χ4n) is 0.390. The first-order valence-electron chi connectivity index (χ1n) is 3.17. The second-order valence-electron chi connectivity index (χ2n) is 2.11. The summed E-state index contributed by atoms with van der Waals surface area (Å²) < 4.78 is 0. The van der Waals surface area contributed by atoms with E-state index in [4.69, 9.17) is 5.21 Å². The molecule has 0 amide bonds. The molecular formula is C6H10N2O4. The van der Waals surface area contributed by atoms with Crippen molar-refractivity contribution in [2.75, 3.05) is 0 Å². The molecular weight excluding hydrogens is 164 g/mol. The summed E-state index contributed by atoms with van der Waals surface area (Å²) in [5.41, 5.74) is 0.110. The van der Waals surface area contributed by atoms with Crippen LogP contribution in [0.5, 0.6) is 0 Å². The maximum atomic E-state index is 10.8. The number of carbonyl (C=O) groups excluding carboxylic acids is 1. The molecule has 0 aromatic rings. The zero-order valence-corrected chi connectivity index (χ0v) is 7.07. The molecule has 0 aliphatic rings. The first-order valence-corrected chi connectivity index (χ1v) is 3.17. The van der Waals surface area contributed by atoms with Gasteiger partial charge in [0.1, 0.15) is 5.71 Å². The summed E-state index contributed by atoms with van der Waals surface area (Å²) in [6.07, 6.45) is 0. The van der Waals surface area contributed by atoms with Crippen LogP contribution in [0.15, 0.2) is 5.16 Å². The van der Waals surface area contributed by atoms with Gasteiger partial charge in [-0.25, -0.2) is 0 Å². The average molecular weight is 174 g/mol. The number of rotatable bonds is 2. The van der Waals surface area contributed by atoms with Crippen LogP contribution in [-0.2, 0) is 9.63 Å². The van der Waals surface area contributed by atoms with Crippen LogP contribution in [0.25, 0.3) is 0 Å². The maximum absolute atomic E-state index is 10.8. The Balaban J connectivity index is 4.57. The fourth-order valence-corrected chi connectivity index (χ4v) is 0.390. The molecule has 12 heavy (non-hydrogen) atoms. The van der Waals surface area contributed by atoms with E-state index >= 15 is 0 Å². The standard InChI is InChI=1S/C6H10N2O4/c1-4(7-10)5(2)8(11)12-6(3)9/h10H,1-3H3/b7-4+,8-5-. The Morgan fingerprint density at radius 3 is 2.33 bits per heavy atom. The van der Waals surface area contributed by atoms with Gasteiger partial charge in [0.2, 0.25) is 0 Å². The maximum Gasteiger partial charge on any atom is 0.266 e. The van der Waals surface area contributed by atoms with E-state index in [0.717, 1.165) is 6.92 Å². The first-order chi connectivity index (χ1) is 5.49. The number of nitrogens with zero attached hydrogens (tertiary/aromatic N) is 2. The van der Waals surface area contributed by atoms with Gasteiger partial charge in [0.25, 0.3) is 11.7 Å². The Hall–Kier alpha value is -1.59. The number of hydrogen-bond donors (Lipinski definition) is 1. The Morgan fingerprint density at radius 1 is 1.50 bits per heavy atom. The van der Waals surface area contributed by atoms with E-state index in [1.165, 1.54) is 13.8 Å². The molecule has 0 bridgehead atoms. The van der Waals surface area contributed by atoms with Crippen LogP contribution < -0.4 is 0 Å². The molecule has 0 atom stereocenters. The molecule has 0 aliphatic heterocycles. The molecule has 0 aromatic heterocycles. The highest BCUT2D eigenvalue weighted by molar-refractivity contribution is 6.38. The lowest BCUT2D eigenvalue weighted by atomic mass is 10.3. The predicted octanol–water partition coefficient (Wildman–Crippen LogP) is 0.286. The Bertz CT molecular complexity index is 244. The van der Waals surface area contributed by atoms with Gasteiger partial charge in [-0.15, -0.1) is 0 Å². The minimum atomic E-state index is -0.727.